The Bertz CT molecular complexity index is 328. The number of hydrogen-bond donors (Lipinski definition) is 3. The van der Waals surface area contributed by atoms with Crippen molar-refractivity contribution in [3.63, 3.8) is 0 Å². The Kier molecular flexibility index (Phi) is 17.1. The van der Waals surface area contributed by atoms with Gasteiger partial charge in [-0.2, -0.15) is 0 Å². The number of nitrogens with one attached hydrogen (secondary N) is 2. The van der Waals surface area contributed by atoms with E-state index in [4.69, 9.17) is 15.2 Å². The molecule has 7 nitrogen and oxygen atoms in total. The molecule has 0 fully saturated rings. The maximum atomic E-state index is 11.5. The molecule has 1 unspecified atom stereocenters. The average Bonchev–Trinajstić information content (AvgIpc) is 2.44. The molecule has 0 saturated heterocycles. The molecule has 0 bridgehead atoms. The fourth-order valence-electron chi connectivity index (χ4n) is 1.89. The van der Waals surface area contributed by atoms with E-state index in [-0.39, 0.29) is 30.0 Å². The van der Waals surface area contributed by atoms with Gasteiger partial charge in [0.1, 0.15) is 0 Å². The van der Waals surface area contributed by atoms with Crippen molar-refractivity contribution in [1.82, 2.24) is 10.6 Å². The van der Waals surface area contributed by atoms with Crippen molar-refractivity contribution in [2.24, 2.45) is 16.6 Å². The third kappa shape index (κ3) is 15.9. The van der Waals surface area contributed by atoms with Gasteiger partial charge < -0.3 is 25.8 Å². The van der Waals surface area contributed by atoms with Crippen LogP contribution in [0, 0.1) is 5.92 Å². The Balaban J connectivity index is 0. The Morgan fingerprint density at radius 3 is 2.52 bits per heavy atom. The molecule has 0 aromatic heterocycles. The second-order valence-corrected chi connectivity index (χ2v) is 5.39. The molecule has 0 radical (unpaired) electrons. The SMILES string of the molecule is CCOCCCNC(N)=NCC(CC(C)C)NC(=O)OCC.I. The highest BCUT2D eigenvalue weighted by molar-refractivity contribution is 14.0. The lowest BCUT2D eigenvalue weighted by atomic mass is 10.0. The summed E-state index contributed by atoms with van der Waals surface area (Å²) in [4.78, 5) is 15.8. The first-order chi connectivity index (χ1) is 10.5. The zero-order valence-electron chi connectivity index (χ0n) is 14.8. The Hall–Kier alpha value is -0.770. The van der Waals surface area contributed by atoms with E-state index in [1.807, 2.05) is 6.92 Å². The monoisotopic (exact) mass is 444 g/mol. The zero-order valence-corrected chi connectivity index (χ0v) is 17.1. The van der Waals surface area contributed by atoms with Crippen LogP contribution in [-0.4, -0.2) is 51.0 Å². The molecule has 0 aromatic carbocycles. The van der Waals surface area contributed by atoms with Crippen molar-refractivity contribution in [3.8, 4) is 0 Å². The van der Waals surface area contributed by atoms with Gasteiger partial charge in [0, 0.05) is 19.8 Å². The topological polar surface area (TPSA) is 98.0 Å². The second kappa shape index (κ2) is 16.1. The van der Waals surface area contributed by atoms with Gasteiger partial charge in [0.2, 0.25) is 0 Å². The number of guanidine groups is 1. The summed E-state index contributed by atoms with van der Waals surface area (Å²) in [6.07, 6.45) is 1.28. The molecule has 0 aliphatic heterocycles. The summed E-state index contributed by atoms with van der Waals surface area (Å²) in [7, 11) is 0. The minimum atomic E-state index is -0.411. The molecule has 0 spiro atoms. The summed E-state index contributed by atoms with van der Waals surface area (Å²) in [5.74, 6) is 0.832. The molecule has 0 saturated carbocycles. The van der Waals surface area contributed by atoms with E-state index in [1.165, 1.54) is 0 Å². The van der Waals surface area contributed by atoms with Gasteiger partial charge in [-0.1, -0.05) is 13.8 Å². The molecule has 0 heterocycles. The fraction of sp³-hybridized carbons (Fsp3) is 0.867. The first-order valence-corrected chi connectivity index (χ1v) is 8.04. The molecular weight excluding hydrogens is 411 g/mol. The van der Waals surface area contributed by atoms with Crippen LogP contribution in [0.15, 0.2) is 4.99 Å². The number of aliphatic imine (C=N–C) groups is 1. The number of ether oxygens (including phenoxy) is 2. The smallest absolute Gasteiger partial charge is 0.407 e. The van der Waals surface area contributed by atoms with Gasteiger partial charge in [0.05, 0.1) is 19.2 Å². The number of nitrogens with zero attached hydrogens (tertiary/aromatic N) is 1. The molecule has 1 atom stereocenters. The van der Waals surface area contributed by atoms with Crippen LogP contribution < -0.4 is 16.4 Å². The Labute approximate surface area is 157 Å². The van der Waals surface area contributed by atoms with Crippen molar-refractivity contribution < 1.29 is 14.3 Å². The number of amides is 1. The van der Waals surface area contributed by atoms with Crippen LogP contribution >= 0.6 is 24.0 Å². The van der Waals surface area contributed by atoms with E-state index in [9.17, 15) is 4.79 Å². The standard InChI is InChI=1S/C15H32N4O3.HI/c1-5-21-9-7-8-17-14(16)18-11-13(10-12(3)4)19-15(20)22-6-2;/h12-13H,5-11H2,1-4H3,(H,19,20)(H3,16,17,18);1H. The number of halogens is 1. The number of nitrogens with two attached hydrogens (primary N) is 1. The van der Waals surface area contributed by atoms with Gasteiger partial charge in [-0.3, -0.25) is 4.99 Å². The van der Waals surface area contributed by atoms with Crippen molar-refractivity contribution in [3.05, 3.63) is 0 Å². The lowest BCUT2D eigenvalue weighted by Crippen LogP contribution is -2.40. The highest BCUT2D eigenvalue weighted by Gasteiger charge is 2.14. The highest BCUT2D eigenvalue weighted by Crippen LogP contribution is 2.05. The summed E-state index contributed by atoms with van der Waals surface area (Å²) in [5, 5.41) is 5.85. The number of carbonyl (C=O) groups excluding carboxylic acids is 1. The van der Waals surface area contributed by atoms with E-state index in [2.05, 4.69) is 29.5 Å². The van der Waals surface area contributed by atoms with Crippen molar-refractivity contribution in [2.45, 2.75) is 46.6 Å². The molecule has 4 N–H and O–H groups in total. The molecule has 0 aliphatic rings. The van der Waals surface area contributed by atoms with Crippen molar-refractivity contribution in [2.75, 3.05) is 32.9 Å². The highest BCUT2D eigenvalue weighted by atomic mass is 127. The fourth-order valence-corrected chi connectivity index (χ4v) is 1.89. The molecule has 8 heteroatoms. The first kappa shape index (κ1) is 24.5. The van der Waals surface area contributed by atoms with Crippen LogP contribution in [0.1, 0.15) is 40.5 Å². The van der Waals surface area contributed by atoms with Crippen LogP contribution in [0.25, 0.3) is 0 Å². The Morgan fingerprint density at radius 1 is 1.26 bits per heavy atom. The van der Waals surface area contributed by atoms with E-state index in [0.717, 1.165) is 26.0 Å². The molecule has 0 aromatic rings. The molecule has 1 amide bonds. The van der Waals surface area contributed by atoms with Gasteiger partial charge in [0.15, 0.2) is 5.96 Å². The molecule has 0 rings (SSSR count). The minimum Gasteiger partial charge on any atom is -0.450 e. The Morgan fingerprint density at radius 2 is 1.96 bits per heavy atom. The van der Waals surface area contributed by atoms with Crippen LogP contribution in [0.5, 0.6) is 0 Å². The summed E-state index contributed by atoms with van der Waals surface area (Å²) >= 11 is 0. The molecule has 138 valence electrons. The first-order valence-electron chi connectivity index (χ1n) is 8.04. The molecule has 0 aliphatic carbocycles. The number of rotatable bonds is 11. The summed E-state index contributed by atoms with van der Waals surface area (Å²) in [6, 6.07) is -0.0807. The summed E-state index contributed by atoms with van der Waals surface area (Å²) < 4.78 is 10.1. The van der Waals surface area contributed by atoms with Crippen LogP contribution in [0.2, 0.25) is 0 Å². The van der Waals surface area contributed by atoms with E-state index in [1.54, 1.807) is 6.92 Å². The normalized spacial score (nSPS) is 12.5. The quantitative estimate of drug-likeness (QED) is 0.196. The van der Waals surface area contributed by atoms with E-state index in [0.29, 0.717) is 31.6 Å². The van der Waals surface area contributed by atoms with Gasteiger partial charge in [-0.15, -0.1) is 24.0 Å². The number of alkyl carbamates (subject to hydrolysis) is 1. The van der Waals surface area contributed by atoms with Crippen molar-refractivity contribution >= 4 is 36.0 Å². The average molecular weight is 444 g/mol. The second-order valence-electron chi connectivity index (χ2n) is 5.39. The zero-order chi connectivity index (χ0) is 16.8. The van der Waals surface area contributed by atoms with Gasteiger partial charge >= 0.3 is 6.09 Å². The van der Waals surface area contributed by atoms with E-state index < -0.39 is 6.09 Å². The third-order valence-corrected chi connectivity index (χ3v) is 2.81. The van der Waals surface area contributed by atoms with Gasteiger partial charge in [-0.25, -0.2) is 4.79 Å². The number of carbonyl (C=O) groups is 1. The predicted molar refractivity (Wildman–Crippen MR) is 104 cm³/mol. The van der Waals surface area contributed by atoms with Gasteiger partial charge in [0.25, 0.3) is 0 Å². The third-order valence-electron chi connectivity index (χ3n) is 2.81. The van der Waals surface area contributed by atoms with Crippen LogP contribution in [0.4, 0.5) is 4.79 Å². The number of hydrogen-bond acceptors (Lipinski definition) is 4. The maximum absolute atomic E-state index is 11.5. The van der Waals surface area contributed by atoms with Gasteiger partial charge in [-0.05, 0) is 32.6 Å². The minimum absolute atomic E-state index is 0. The summed E-state index contributed by atoms with van der Waals surface area (Å²) in [5.41, 5.74) is 5.81. The van der Waals surface area contributed by atoms with Crippen LogP contribution in [-0.2, 0) is 9.47 Å². The lowest BCUT2D eigenvalue weighted by molar-refractivity contribution is 0.145. The molecular formula is C15H33IN4O3. The predicted octanol–water partition coefficient (Wildman–Crippen LogP) is 2.10. The van der Waals surface area contributed by atoms with E-state index >= 15 is 0 Å². The summed E-state index contributed by atoms with van der Waals surface area (Å²) in [6.45, 7) is 10.9. The largest absolute Gasteiger partial charge is 0.450 e. The maximum Gasteiger partial charge on any atom is 0.407 e. The van der Waals surface area contributed by atoms with Crippen LogP contribution in [0.3, 0.4) is 0 Å². The van der Waals surface area contributed by atoms with Crippen molar-refractivity contribution in [1.29, 1.82) is 0 Å². The molecule has 23 heavy (non-hydrogen) atoms. The lowest BCUT2D eigenvalue weighted by Gasteiger charge is -2.18.